The number of aliphatic imine (C=N–C) groups is 1. The summed E-state index contributed by atoms with van der Waals surface area (Å²) in [6, 6.07) is 5.62. The minimum atomic E-state index is 0.0951. The van der Waals surface area contributed by atoms with Gasteiger partial charge in [0.25, 0.3) is 0 Å². The molecule has 0 saturated heterocycles. The number of benzene rings is 1. The topological polar surface area (TPSA) is 73.4 Å². The molecule has 2 N–H and O–H groups in total. The van der Waals surface area contributed by atoms with Gasteiger partial charge in [-0.1, -0.05) is 15.9 Å². The molecule has 0 bridgehead atoms. The average Bonchev–Trinajstić information content (AvgIpc) is 2.39. The van der Waals surface area contributed by atoms with Crippen LogP contribution in [0, 0.1) is 0 Å². The summed E-state index contributed by atoms with van der Waals surface area (Å²) in [4.78, 5) is 11.9. The summed E-state index contributed by atoms with van der Waals surface area (Å²) < 4.78 is 6.19. The zero-order valence-electron chi connectivity index (χ0n) is 9.97. The largest absolute Gasteiger partial charge is 0.496 e. The molecule has 0 unspecified atom stereocenters. The van der Waals surface area contributed by atoms with E-state index in [0.29, 0.717) is 11.4 Å². The standard InChI is InChI=1S/C12H10BrClN4O/c1-19-10-4-8(13)3-2-7(10)5-16-9-6-17-12(14)18-11(9)15/h2-6H,1H3,(H2,15,17,18). The second kappa shape index (κ2) is 5.99. The van der Waals surface area contributed by atoms with Gasteiger partial charge in [0.2, 0.25) is 5.28 Å². The third-order valence-electron chi connectivity index (χ3n) is 2.31. The Kier molecular flexibility index (Phi) is 4.34. The lowest BCUT2D eigenvalue weighted by molar-refractivity contribution is 0.414. The Balaban J connectivity index is 2.32. The maximum Gasteiger partial charge on any atom is 0.224 e. The molecule has 0 aliphatic heterocycles. The monoisotopic (exact) mass is 340 g/mol. The fourth-order valence-corrected chi connectivity index (χ4v) is 1.88. The van der Waals surface area contributed by atoms with Crippen molar-refractivity contribution in [3.63, 3.8) is 0 Å². The maximum absolute atomic E-state index is 5.69. The second-order valence-electron chi connectivity index (χ2n) is 3.55. The van der Waals surface area contributed by atoms with Crippen LogP contribution in [0.5, 0.6) is 5.75 Å². The molecule has 0 saturated carbocycles. The molecule has 2 rings (SSSR count). The van der Waals surface area contributed by atoms with E-state index in [9.17, 15) is 0 Å². The van der Waals surface area contributed by atoms with Gasteiger partial charge in [-0.3, -0.25) is 4.99 Å². The molecule has 0 aliphatic carbocycles. The van der Waals surface area contributed by atoms with Crippen molar-refractivity contribution >= 4 is 45.3 Å². The van der Waals surface area contributed by atoms with Gasteiger partial charge in [-0.25, -0.2) is 4.98 Å². The first kappa shape index (κ1) is 13.8. The van der Waals surface area contributed by atoms with E-state index in [-0.39, 0.29) is 11.1 Å². The van der Waals surface area contributed by atoms with E-state index in [4.69, 9.17) is 22.1 Å². The number of hydrogen-bond acceptors (Lipinski definition) is 5. The average molecular weight is 342 g/mol. The molecule has 1 aromatic carbocycles. The molecule has 1 heterocycles. The van der Waals surface area contributed by atoms with Crippen molar-refractivity contribution in [3.05, 3.63) is 39.7 Å². The Morgan fingerprint density at radius 1 is 1.47 bits per heavy atom. The van der Waals surface area contributed by atoms with Gasteiger partial charge in [0, 0.05) is 16.3 Å². The number of ether oxygens (including phenoxy) is 1. The van der Waals surface area contributed by atoms with Gasteiger partial charge in [-0.2, -0.15) is 4.98 Å². The Morgan fingerprint density at radius 3 is 2.95 bits per heavy atom. The number of nitrogens with two attached hydrogens (primary N) is 1. The normalized spacial score (nSPS) is 10.9. The highest BCUT2D eigenvalue weighted by Crippen LogP contribution is 2.24. The van der Waals surface area contributed by atoms with E-state index < -0.39 is 0 Å². The predicted molar refractivity (Wildman–Crippen MR) is 79.4 cm³/mol. The van der Waals surface area contributed by atoms with E-state index in [0.717, 1.165) is 10.0 Å². The number of rotatable bonds is 3. The van der Waals surface area contributed by atoms with Crippen LogP contribution in [0.3, 0.4) is 0 Å². The molecule has 0 spiro atoms. The maximum atomic E-state index is 5.69. The van der Waals surface area contributed by atoms with E-state index in [1.807, 2.05) is 18.2 Å². The van der Waals surface area contributed by atoms with Gasteiger partial charge in [-0.05, 0) is 29.8 Å². The van der Waals surface area contributed by atoms with Crippen LogP contribution in [0.25, 0.3) is 0 Å². The lowest BCUT2D eigenvalue weighted by Gasteiger charge is -2.04. The quantitative estimate of drug-likeness (QED) is 0.687. The van der Waals surface area contributed by atoms with Crippen LogP contribution in [0.4, 0.5) is 11.5 Å². The molecule has 1 aromatic heterocycles. The summed E-state index contributed by atoms with van der Waals surface area (Å²) in [5, 5.41) is 0.0951. The van der Waals surface area contributed by atoms with Gasteiger partial charge in [-0.15, -0.1) is 0 Å². The van der Waals surface area contributed by atoms with Crippen molar-refractivity contribution in [1.29, 1.82) is 0 Å². The number of aromatic nitrogens is 2. The minimum Gasteiger partial charge on any atom is -0.496 e. The van der Waals surface area contributed by atoms with E-state index in [2.05, 4.69) is 30.9 Å². The first-order chi connectivity index (χ1) is 9.10. The van der Waals surface area contributed by atoms with Crippen LogP contribution in [-0.2, 0) is 0 Å². The van der Waals surface area contributed by atoms with Crippen molar-refractivity contribution in [2.45, 2.75) is 0 Å². The molecular weight excluding hydrogens is 332 g/mol. The van der Waals surface area contributed by atoms with Crippen LogP contribution < -0.4 is 10.5 Å². The molecular formula is C12H10BrClN4O. The van der Waals surface area contributed by atoms with Crippen molar-refractivity contribution in [1.82, 2.24) is 9.97 Å². The third kappa shape index (κ3) is 3.42. The summed E-state index contributed by atoms with van der Waals surface area (Å²) in [6.07, 6.45) is 3.10. The number of halogens is 2. The summed E-state index contributed by atoms with van der Waals surface area (Å²) in [7, 11) is 1.60. The van der Waals surface area contributed by atoms with Gasteiger partial charge < -0.3 is 10.5 Å². The first-order valence-corrected chi connectivity index (χ1v) is 6.43. The second-order valence-corrected chi connectivity index (χ2v) is 4.81. The van der Waals surface area contributed by atoms with Crippen LogP contribution in [0.15, 0.2) is 33.9 Å². The number of nitrogen functional groups attached to an aromatic ring is 1. The molecule has 5 nitrogen and oxygen atoms in total. The van der Waals surface area contributed by atoms with Crippen molar-refractivity contribution in [2.24, 2.45) is 4.99 Å². The summed E-state index contributed by atoms with van der Waals surface area (Å²) in [5.74, 6) is 0.930. The van der Waals surface area contributed by atoms with Gasteiger partial charge >= 0.3 is 0 Å². The molecule has 19 heavy (non-hydrogen) atoms. The highest BCUT2D eigenvalue weighted by atomic mass is 79.9. The zero-order chi connectivity index (χ0) is 13.8. The van der Waals surface area contributed by atoms with Gasteiger partial charge in [0.05, 0.1) is 13.3 Å². The molecule has 0 radical (unpaired) electrons. The fourth-order valence-electron chi connectivity index (χ4n) is 1.40. The SMILES string of the molecule is COc1cc(Br)ccc1C=Nc1cnc(Cl)nc1N. The molecule has 0 amide bonds. The van der Waals surface area contributed by atoms with E-state index >= 15 is 0 Å². The molecule has 2 aromatic rings. The van der Waals surface area contributed by atoms with Crippen LogP contribution in [0.1, 0.15) is 5.56 Å². The molecule has 0 aliphatic rings. The third-order valence-corrected chi connectivity index (χ3v) is 2.98. The minimum absolute atomic E-state index is 0.0951. The van der Waals surface area contributed by atoms with Gasteiger partial charge in [0.15, 0.2) is 5.82 Å². The number of hydrogen-bond donors (Lipinski definition) is 1. The Labute approximate surface area is 123 Å². The number of methoxy groups -OCH3 is 1. The van der Waals surface area contributed by atoms with Crippen molar-refractivity contribution in [3.8, 4) is 5.75 Å². The van der Waals surface area contributed by atoms with Gasteiger partial charge in [0.1, 0.15) is 11.4 Å². The molecule has 0 atom stereocenters. The Morgan fingerprint density at radius 2 is 2.26 bits per heavy atom. The van der Waals surface area contributed by atoms with Crippen molar-refractivity contribution < 1.29 is 4.74 Å². The molecule has 98 valence electrons. The van der Waals surface area contributed by atoms with Crippen molar-refractivity contribution in [2.75, 3.05) is 12.8 Å². The Bertz CT molecular complexity index is 633. The van der Waals surface area contributed by atoms with Crippen LogP contribution in [0.2, 0.25) is 5.28 Å². The zero-order valence-corrected chi connectivity index (χ0v) is 12.3. The molecule has 0 fully saturated rings. The number of anilines is 1. The summed E-state index contributed by atoms with van der Waals surface area (Å²) in [6.45, 7) is 0. The predicted octanol–water partition coefficient (Wildman–Crippen LogP) is 3.23. The number of nitrogens with zero attached hydrogens (tertiary/aromatic N) is 3. The summed E-state index contributed by atoms with van der Waals surface area (Å²) >= 11 is 8.99. The highest BCUT2D eigenvalue weighted by molar-refractivity contribution is 9.10. The lowest BCUT2D eigenvalue weighted by atomic mass is 10.2. The Hall–Kier alpha value is -1.66. The molecule has 7 heteroatoms. The first-order valence-electron chi connectivity index (χ1n) is 5.26. The highest BCUT2D eigenvalue weighted by Gasteiger charge is 2.03. The van der Waals surface area contributed by atoms with Crippen LogP contribution in [-0.4, -0.2) is 23.3 Å². The van der Waals surface area contributed by atoms with E-state index in [1.54, 1.807) is 13.3 Å². The summed E-state index contributed by atoms with van der Waals surface area (Å²) in [5.41, 5.74) is 6.96. The van der Waals surface area contributed by atoms with Crippen LogP contribution >= 0.6 is 27.5 Å². The lowest BCUT2D eigenvalue weighted by Crippen LogP contribution is -1.94. The van der Waals surface area contributed by atoms with E-state index in [1.165, 1.54) is 6.20 Å². The smallest absolute Gasteiger partial charge is 0.224 e. The fraction of sp³-hybridized carbons (Fsp3) is 0.0833.